The highest BCUT2D eigenvalue weighted by molar-refractivity contribution is 9.10. The Kier molecular flexibility index (Phi) is 5.00. The first-order valence-corrected chi connectivity index (χ1v) is 6.99. The molecule has 0 radical (unpaired) electrons. The van der Waals surface area contributed by atoms with E-state index in [1.165, 1.54) is 31.5 Å². The molecule has 0 aromatic heterocycles. The van der Waals surface area contributed by atoms with Gasteiger partial charge in [-0.3, -0.25) is 4.79 Å². The number of phenols is 2. The van der Waals surface area contributed by atoms with Gasteiger partial charge < -0.3 is 14.9 Å². The summed E-state index contributed by atoms with van der Waals surface area (Å²) in [5.41, 5.74) is 2.99. The maximum atomic E-state index is 11.9. The lowest BCUT2D eigenvalue weighted by Gasteiger charge is -2.04. The zero-order chi connectivity index (χ0) is 16.1. The summed E-state index contributed by atoms with van der Waals surface area (Å²) < 4.78 is 5.59. The van der Waals surface area contributed by atoms with Crippen LogP contribution >= 0.6 is 15.9 Å². The van der Waals surface area contributed by atoms with Crippen molar-refractivity contribution in [2.45, 2.75) is 0 Å². The summed E-state index contributed by atoms with van der Waals surface area (Å²) in [7, 11) is 1.45. The van der Waals surface area contributed by atoms with Gasteiger partial charge in [0.2, 0.25) is 0 Å². The Labute approximate surface area is 135 Å². The molecule has 0 heterocycles. The second kappa shape index (κ2) is 6.95. The predicted octanol–water partition coefficient (Wildman–Crippen LogP) is 2.63. The molecule has 0 saturated heterocycles. The third-order valence-corrected chi connectivity index (χ3v) is 3.28. The molecule has 0 atom stereocenters. The number of amides is 1. The quantitative estimate of drug-likeness (QED) is 0.574. The number of hydrogen-bond donors (Lipinski definition) is 3. The number of methoxy groups -OCH3 is 1. The Morgan fingerprint density at radius 2 is 2.00 bits per heavy atom. The van der Waals surface area contributed by atoms with Crippen LogP contribution in [-0.2, 0) is 0 Å². The lowest BCUT2D eigenvalue weighted by Crippen LogP contribution is -2.17. The second-order valence-corrected chi connectivity index (χ2v) is 5.21. The van der Waals surface area contributed by atoms with Gasteiger partial charge >= 0.3 is 0 Å². The molecule has 114 valence electrons. The van der Waals surface area contributed by atoms with Gasteiger partial charge in [0.1, 0.15) is 5.75 Å². The number of nitrogens with zero attached hydrogens (tertiary/aromatic N) is 1. The number of ether oxygens (including phenoxy) is 1. The van der Waals surface area contributed by atoms with Crippen LogP contribution in [0.2, 0.25) is 0 Å². The lowest BCUT2D eigenvalue weighted by atomic mass is 10.2. The van der Waals surface area contributed by atoms with E-state index in [9.17, 15) is 15.0 Å². The summed E-state index contributed by atoms with van der Waals surface area (Å²) in [6.07, 6.45) is 1.37. The minimum absolute atomic E-state index is 0.0247. The van der Waals surface area contributed by atoms with Gasteiger partial charge in [-0.2, -0.15) is 5.10 Å². The molecule has 3 N–H and O–H groups in total. The Morgan fingerprint density at radius 3 is 2.64 bits per heavy atom. The standard InChI is InChI=1S/C15H13BrN2O4/c1-22-14-5-2-9(6-13(14)20)8-17-18-15(21)11-4-3-10(16)7-12(11)19/h2-8,19-20H,1H3,(H,18,21)/b17-8+. The van der Waals surface area contributed by atoms with Crippen molar-refractivity contribution in [1.29, 1.82) is 0 Å². The summed E-state index contributed by atoms with van der Waals surface area (Å²) in [5.74, 6) is -0.368. The van der Waals surface area contributed by atoms with Crippen LogP contribution in [0.1, 0.15) is 15.9 Å². The third kappa shape index (κ3) is 3.76. The minimum atomic E-state index is -0.543. The number of aromatic hydroxyl groups is 2. The first kappa shape index (κ1) is 15.8. The van der Waals surface area contributed by atoms with E-state index in [0.717, 1.165) is 0 Å². The van der Waals surface area contributed by atoms with Crippen molar-refractivity contribution in [2.75, 3.05) is 7.11 Å². The number of carbonyl (C=O) groups is 1. The van der Waals surface area contributed by atoms with Crippen LogP contribution < -0.4 is 10.2 Å². The Hall–Kier alpha value is -2.54. The number of rotatable bonds is 4. The summed E-state index contributed by atoms with van der Waals surface area (Å²) in [6, 6.07) is 9.24. The molecule has 0 aliphatic rings. The van der Waals surface area contributed by atoms with Crippen molar-refractivity contribution in [3.63, 3.8) is 0 Å². The first-order valence-electron chi connectivity index (χ1n) is 6.20. The smallest absolute Gasteiger partial charge is 0.275 e. The highest BCUT2D eigenvalue weighted by Crippen LogP contribution is 2.25. The van der Waals surface area contributed by atoms with Crippen molar-refractivity contribution in [3.8, 4) is 17.2 Å². The van der Waals surface area contributed by atoms with Crippen molar-refractivity contribution in [1.82, 2.24) is 5.43 Å². The van der Waals surface area contributed by atoms with Gasteiger partial charge in [0, 0.05) is 4.47 Å². The van der Waals surface area contributed by atoms with E-state index in [2.05, 4.69) is 26.5 Å². The van der Waals surface area contributed by atoms with E-state index in [-0.39, 0.29) is 17.1 Å². The first-order chi connectivity index (χ1) is 10.5. The molecule has 1 amide bonds. The molecular formula is C15H13BrN2O4. The molecule has 0 spiro atoms. The third-order valence-electron chi connectivity index (χ3n) is 2.79. The van der Waals surface area contributed by atoms with Crippen LogP contribution in [0.15, 0.2) is 46.0 Å². The van der Waals surface area contributed by atoms with Gasteiger partial charge in [0.05, 0.1) is 18.9 Å². The number of carbonyl (C=O) groups excluding carboxylic acids is 1. The van der Waals surface area contributed by atoms with Crippen LogP contribution in [0.25, 0.3) is 0 Å². The Bertz CT molecular complexity index is 731. The van der Waals surface area contributed by atoms with E-state index in [0.29, 0.717) is 15.8 Å². The van der Waals surface area contributed by atoms with Crippen molar-refractivity contribution in [2.24, 2.45) is 5.10 Å². The van der Waals surface area contributed by atoms with E-state index in [1.54, 1.807) is 18.2 Å². The van der Waals surface area contributed by atoms with E-state index in [1.807, 2.05) is 0 Å². The predicted molar refractivity (Wildman–Crippen MR) is 85.5 cm³/mol. The van der Waals surface area contributed by atoms with Gasteiger partial charge in [0.15, 0.2) is 11.5 Å². The molecule has 0 fully saturated rings. The number of hydrogen-bond acceptors (Lipinski definition) is 5. The van der Waals surface area contributed by atoms with Crippen LogP contribution in [-0.4, -0.2) is 29.4 Å². The molecule has 2 aromatic rings. The molecule has 0 aliphatic heterocycles. The van der Waals surface area contributed by atoms with Gasteiger partial charge in [0.25, 0.3) is 5.91 Å². The number of benzene rings is 2. The van der Waals surface area contributed by atoms with Crippen molar-refractivity contribution in [3.05, 3.63) is 52.0 Å². The minimum Gasteiger partial charge on any atom is -0.507 e. The molecule has 6 nitrogen and oxygen atoms in total. The number of hydrazone groups is 1. The average molecular weight is 365 g/mol. The van der Waals surface area contributed by atoms with Crippen molar-refractivity contribution < 1.29 is 19.7 Å². The Morgan fingerprint density at radius 1 is 1.23 bits per heavy atom. The summed E-state index contributed by atoms with van der Waals surface area (Å²) in [4.78, 5) is 11.9. The summed E-state index contributed by atoms with van der Waals surface area (Å²) in [6.45, 7) is 0. The fourth-order valence-electron chi connectivity index (χ4n) is 1.71. The fraction of sp³-hybridized carbons (Fsp3) is 0.0667. The van der Waals surface area contributed by atoms with Gasteiger partial charge in [-0.05, 0) is 42.0 Å². The molecule has 2 aromatic carbocycles. The maximum Gasteiger partial charge on any atom is 0.275 e. The lowest BCUT2D eigenvalue weighted by molar-refractivity contribution is 0.0952. The fourth-order valence-corrected chi connectivity index (χ4v) is 2.06. The van der Waals surface area contributed by atoms with Crippen LogP contribution in [0.4, 0.5) is 0 Å². The monoisotopic (exact) mass is 364 g/mol. The van der Waals surface area contributed by atoms with Gasteiger partial charge in [-0.15, -0.1) is 0 Å². The van der Waals surface area contributed by atoms with Crippen LogP contribution in [0, 0.1) is 0 Å². The topological polar surface area (TPSA) is 91.2 Å². The summed E-state index contributed by atoms with van der Waals surface area (Å²) in [5, 5.41) is 23.1. The van der Waals surface area contributed by atoms with E-state index in [4.69, 9.17) is 4.74 Å². The largest absolute Gasteiger partial charge is 0.507 e. The summed E-state index contributed by atoms with van der Waals surface area (Å²) >= 11 is 3.19. The number of phenolic OH excluding ortho intramolecular Hbond substituents is 2. The number of halogens is 1. The SMILES string of the molecule is COc1ccc(/C=N/NC(=O)c2ccc(Br)cc2O)cc1O. The average Bonchev–Trinajstić information content (AvgIpc) is 2.47. The normalized spacial score (nSPS) is 10.6. The van der Waals surface area contributed by atoms with E-state index >= 15 is 0 Å². The number of nitrogens with one attached hydrogen (secondary N) is 1. The van der Waals surface area contributed by atoms with Gasteiger partial charge in [-0.1, -0.05) is 15.9 Å². The Balaban J connectivity index is 2.05. The molecule has 2 rings (SSSR count). The zero-order valence-corrected chi connectivity index (χ0v) is 13.2. The molecule has 0 unspecified atom stereocenters. The molecule has 0 saturated carbocycles. The molecule has 0 aliphatic carbocycles. The molecule has 7 heteroatoms. The van der Waals surface area contributed by atoms with Gasteiger partial charge in [-0.25, -0.2) is 5.43 Å². The van der Waals surface area contributed by atoms with E-state index < -0.39 is 5.91 Å². The maximum absolute atomic E-state index is 11.9. The molecule has 0 bridgehead atoms. The highest BCUT2D eigenvalue weighted by atomic mass is 79.9. The molecular weight excluding hydrogens is 352 g/mol. The van der Waals surface area contributed by atoms with Crippen molar-refractivity contribution >= 4 is 28.1 Å². The van der Waals surface area contributed by atoms with Crippen LogP contribution in [0.3, 0.4) is 0 Å². The molecule has 22 heavy (non-hydrogen) atoms. The second-order valence-electron chi connectivity index (χ2n) is 4.29. The highest BCUT2D eigenvalue weighted by Gasteiger charge is 2.10. The zero-order valence-electron chi connectivity index (χ0n) is 11.6. The van der Waals surface area contributed by atoms with Crippen LogP contribution in [0.5, 0.6) is 17.2 Å².